The molecule has 0 aliphatic carbocycles. The van der Waals surface area contributed by atoms with E-state index in [9.17, 15) is 14.7 Å². The molecule has 1 aliphatic heterocycles. The molecule has 6 nitrogen and oxygen atoms in total. The van der Waals surface area contributed by atoms with Crippen molar-refractivity contribution in [3.05, 3.63) is 65.7 Å². The number of phenolic OH excluding ortho intramolecular Hbond substituents is 1. The molecule has 0 aromatic heterocycles. The molecule has 1 atom stereocenters. The summed E-state index contributed by atoms with van der Waals surface area (Å²) in [4.78, 5) is 24.8. The molecule has 3 rings (SSSR count). The summed E-state index contributed by atoms with van der Waals surface area (Å²) in [6, 6.07) is 15.6. The fourth-order valence-corrected chi connectivity index (χ4v) is 2.67. The minimum atomic E-state index is -0.973. The molecule has 25 heavy (non-hydrogen) atoms. The number of hydrogen-bond acceptors (Lipinski definition) is 4. The van der Waals surface area contributed by atoms with Gasteiger partial charge in [-0.25, -0.2) is 4.79 Å². The van der Waals surface area contributed by atoms with Crippen molar-refractivity contribution in [1.29, 1.82) is 0 Å². The maximum Gasteiger partial charge on any atom is 0.346 e. The molecule has 2 aromatic carbocycles. The number of nitrogens with one attached hydrogen (secondary N) is 1. The average Bonchev–Trinajstić information content (AvgIpc) is 2.83. The van der Waals surface area contributed by atoms with Crippen LogP contribution in [-0.4, -0.2) is 33.8 Å². The predicted molar refractivity (Wildman–Crippen MR) is 94.2 cm³/mol. The van der Waals surface area contributed by atoms with Crippen molar-refractivity contribution in [1.82, 2.24) is 10.3 Å². The molecule has 1 aliphatic rings. The largest absolute Gasteiger partial charge is 0.508 e. The summed E-state index contributed by atoms with van der Waals surface area (Å²) in [5.74, 6) is -0.232. The van der Waals surface area contributed by atoms with Gasteiger partial charge < -0.3 is 10.4 Å². The first-order valence-electron chi connectivity index (χ1n) is 8.02. The normalized spacial score (nSPS) is 20.3. The lowest BCUT2D eigenvalue weighted by atomic mass is 9.93. The van der Waals surface area contributed by atoms with Gasteiger partial charge >= 0.3 is 6.03 Å². The first-order valence-corrected chi connectivity index (χ1v) is 8.02. The number of carbonyl (C=O) groups excluding carboxylic acids is 2. The second kappa shape index (κ2) is 6.76. The lowest BCUT2D eigenvalue weighted by Crippen LogP contribution is -2.44. The summed E-state index contributed by atoms with van der Waals surface area (Å²) >= 11 is 0. The fraction of sp³-hybridized carbons (Fsp3) is 0.211. The lowest BCUT2D eigenvalue weighted by Gasteiger charge is -2.20. The molecule has 1 saturated heterocycles. The van der Waals surface area contributed by atoms with Crippen LogP contribution in [0.4, 0.5) is 4.79 Å². The first-order chi connectivity index (χ1) is 12.0. The van der Waals surface area contributed by atoms with Gasteiger partial charge in [0.2, 0.25) is 0 Å². The van der Waals surface area contributed by atoms with E-state index in [-0.39, 0.29) is 11.7 Å². The van der Waals surface area contributed by atoms with E-state index in [4.69, 9.17) is 0 Å². The minimum Gasteiger partial charge on any atom is -0.508 e. The Kier molecular flexibility index (Phi) is 4.52. The van der Waals surface area contributed by atoms with Crippen LogP contribution in [0.25, 0.3) is 0 Å². The van der Waals surface area contributed by atoms with Gasteiger partial charge in [0.25, 0.3) is 5.91 Å². The van der Waals surface area contributed by atoms with Crippen LogP contribution in [0.5, 0.6) is 5.75 Å². The van der Waals surface area contributed by atoms with Crippen LogP contribution < -0.4 is 5.32 Å². The van der Waals surface area contributed by atoms with E-state index in [0.717, 1.165) is 10.6 Å². The monoisotopic (exact) mass is 337 g/mol. The van der Waals surface area contributed by atoms with Crippen molar-refractivity contribution in [2.24, 2.45) is 5.10 Å². The summed E-state index contributed by atoms with van der Waals surface area (Å²) in [5.41, 5.74) is 0.812. The fourth-order valence-electron chi connectivity index (χ4n) is 2.67. The van der Waals surface area contributed by atoms with Crippen LogP contribution in [0.3, 0.4) is 0 Å². The van der Waals surface area contributed by atoms with E-state index >= 15 is 0 Å². The summed E-state index contributed by atoms with van der Waals surface area (Å²) in [6.45, 7) is 1.71. The quantitative estimate of drug-likeness (QED) is 0.650. The van der Waals surface area contributed by atoms with E-state index in [1.165, 1.54) is 18.3 Å². The average molecular weight is 337 g/mol. The molecule has 128 valence electrons. The minimum absolute atomic E-state index is 0.139. The number of hydrogen-bond donors (Lipinski definition) is 2. The number of carbonyl (C=O) groups is 2. The summed E-state index contributed by atoms with van der Waals surface area (Å²) in [5, 5.41) is 16.9. The van der Waals surface area contributed by atoms with Crippen molar-refractivity contribution >= 4 is 18.2 Å². The number of aryl methyl sites for hydroxylation is 1. The third-order valence-corrected chi connectivity index (χ3v) is 4.21. The Morgan fingerprint density at radius 3 is 2.48 bits per heavy atom. The standard InChI is InChI=1S/C19H19N3O3/c1-19(12-11-14-5-3-2-4-6-14)17(24)22(18(25)21-19)20-13-15-7-9-16(23)10-8-15/h2-10,13,23H,11-12H2,1H3,(H,21,25)/b20-13+/t19-/m1/s1. The first kappa shape index (κ1) is 16.7. The molecule has 0 radical (unpaired) electrons. The van der Waals surface area contributed by atoms with Gasteiger partial charge in [-0.05, 0) is 55.2 Å². The zero-order valence-electron chi connectivity index (χ0n) is 13.8. The van der Waals surface area contributed by atoms with Crippen molar-refractivity contribution in [3.63, 3.8) is 0 Å². The van der Waals surface area contributed by atoms with Crippen LogP contribution in [0.15, 0.2) is 59.7 Å². The summed E-state index contributed by atoms with van der Waals surface area (Å²) in [6.07, 6.45) is 2.59. The van der Waals surface area contributed by atoms with E-state index in [1.54, 1.807) is 19.1 Å². The van der Waals surface area contributed by atoms with Gasteiger partial charge in [0.1, 0.15) is 11.3 Å². The van der Waals surface area contributed by atoms with Gasteiger partial charge in [0.05, 0.1) is 6.21 Å². The highest BCUT2D eigenvalue weighted by molar-refractivity contribution is 6.07. The number of benzene rings is 2. The third kappa shape index (κ3) is 3.68. The van der Waals surface area contributed by atoms with Crippen molar-refractivity contribution in [2.75, 3.05) is 0 Å². The van der Waals surface area contributed by atoms with Crippen molar-refractivity contribution in [3.8, 4) is 5.75 Å². The van der Waals surface area contributed by atoms with Gasteiger partial charge in [0, 0.05) is 0 Å². The maximum absolute atomic E-state index is 12.6. The van der Waals surface area contributed by atoms with E-state index in [1.807, 2.05) is 30.3 Å². The zero-order valence-corrected chi connectivity index (χ0v) is 13.8. The number of phenols is 1. The Morgan fingerprint density at radius 1 is 1.12 bits per heavy atom. The van der Waals surface area contributed by atoms with Crippen molar-refractivity contribution in [2.45, 2.75) is 25.3 Å². The van der Waals surface area contributed by atoms with Gasteiger partial charge in [-0.15, -0.1) is 5.01 Å². The van der Waals surface area contributed by atoms with Crippen LogP contribution in [0.2, 0.25) is 0 Å². The molecular weight excluding hydrogens is 318 g/mol. The topological polar surface area (TPSA) is 82.0 Å². The Balaban J connectivity index is 1.69. The van der Waals surface area contributed by atoms with Crippen LogP contribution in [0, 0.1) is 0 Å². The SMILES string of the molecule is C[C@]1(CCc2ccccc2)NC(=O)N(/N=C/c2ccc(O)cc2)C1=O. The van der Waals surface area contributed by atoms with E-state index in [2.05, 4.69) is 10.4 Å². The van der Waals surface area contributed by atoms with E-state index < -0.39 is 11.6 Å². The number of urea groups is 1. The Hall–Kier alpha value is -3.15. The van der Waals surface area contributed by atoms with Gasteiger partial charge in [-0.1, -0.05) is 30.3 Å². The Morgan fingerprint density at radius 2 is 1.80 bits per heavy atom. The van der Waals surface area contributed by atoms with Crippen molar-refractivity contribution < 1.29 is 14.7 Å². The number of imide groups is 1. The third-order valence-electron chi connectivity index (χ3n) is 4.21. The smallest absolute Gasteiger partial charge is 0.346 e. The van der Waals surface area contributed by atoms with Gasteiger partial charge in [0.15, 0.2) is 0 Å². The maximum atomic E-state index is 12.6. The molecule has 1 fully saturated rings. The van der Waals surface area contributed by atoms with Crippen LogP contribution >= 0.6 is 0 Å². The Bertz CT molecular complexity index is 802. The zero-order chi connectivity index (χ0) is 17.9. The van der Waals surface area contributed by atoms with Crippen LogP contribution in [0.1, 0.15) is 24.5 Å². The second-order valence-electron chi connectivity index (χ2n) is 6.20. The second-order valence-corrected chi connectivity index (χ2v) is 6.20. The summed E-state index contributed by atoms with van der Waals surface area (Å²) in [7, 11) is 0. The lowest BCUT2D eigenvalue weighted by molar-refractivity contribution is -0.130. The number of nitrogens with zero attached hydrogens (tertiary/aromatic N) is 2. The molecule has 2 aromatic rings. The number of amides is 3. The molecule has 0 spiro atoms. The molecule has 2 N–H and O–H groups in total. The molecule has 0 saturated carbocycles. The van der Waals surface area contributed by atoms with Gasteiger partial charge in [-0.3, -0.25) is 4.79 Å². The molecule has 0 unspecified atom stereocenters. The molecule has 0 bridgehead atoms. The number of hydrazone groups is 1. The highest BCUT2D eigenvalue weighted by atomic mass is 16.3. The summed E-state index contributed by atoms with van der Waals surface area (Å²) < 4.78 is 0. The predicted octanol–water partition coefficient (Wildman–Crippen LogP) is 2.67. The highest BCUT2D eigenvalue weighted by Crippen LogP contribution is 2.23. The molecule has 1 heterocycles. The molecule has 6 heteroatoms. The van der Waals surface area contributed by atoms with Gasteiger partial charge in [-0.2, -0.15) is 5.10 Å². The number of aromatic hydroxyl groups is 1. The molecule has 3 amide bonds. The number of rotatable bonds is 5. The highest BCUT2D eigenvalue weighted by Gasteiger charge is 2.47. The van der Waals surface area contributed by atoms with Crippen LogP contribution in [-0.2, 0) is 11.2 Å². The van der Waals surface area contributed by atoms with E-state index in [0.29, 0.717) is 18.4 Å². The Labute approximate surface area is 145 Å². The molecular formula is C19H19N3O3.